The number of amides is 1. The Labute approximate surface area is 158 Å². The van der Waals surface area contributed by atoms with Crippen LogP contribution >= 0.6 is 11.3 Å². The predicted molar refractivity (Wildman–Crippen MR) is 94.6 cm³/mol. The fraction of sp³-hybridized carbons (Fsp3) is 0.294. The number of benzene rings is 1. The van der Waals surface area contributed by atoms with E-state index in [-0.39, 0.29) is 38.1 Å². The fourth-order valence-electron chi connectivity index (χ4n) is 2.50. The third-order valence-corrected chi connectivity index (χ3v) is 4.73. The summed E-state index contributed by atoms with van der Waals surface area (Å²) < 4.78 is 15.6. The summed E-state index contributed by atoms with van der Waals surface area (Å²) in [5.41, 5.74) is 0.745. The van der Waals surface area contributed by atoms with Crippen molar-refractivity contribution in [3.8, 4) is 5.75 Å². The van der Waals surface area contributed by atoms with Gasteiger partial charge in [-0.1, -0.05) is 0 Å². The van der Waals surface area contributed by atoms with Crippen LogP contribution in [0.3, 0.4) is 0 Å². The van der Waals surface area contributed by atoms with Crippen LogP contribution in [0.15, 0.2) is 24.3 Å². The Kier molecular flexibility index (Phi) is 5.67. The zero-order chi connectivity index (χ0) is 19.4. The van der Waals surface area contributed by atoms with Crippen LogP contribution in [0, 0.1) is 17.0 Å². The van der Waals surface area contributed by atoms with Crippen molar-refractivity contribution in [2.75, 3.05) is 13.3 Å². The van der Waals surface area contributed by atoms with Gasteiger partial charge in [-0.3, -0.25) is 19.7 Å². The molecule has 0 unspecified atom stereocenters. The minimum atomic E-state index is -0.663. The molecule has 3 rings (SSSR count). The van der Waals surface area contributed by atoms with Gasteiger partial charge in [-0.15, -0.1) is 11.3 Å². The topological polar surface area (TPSA) is 117 Å². The summed E-state index contributed by atoms with van der Waals surface area (Å²) in [6.45, 7) is 1.55. The van der Waals surface area contributed by atoms with Crippen molar-refractivity contribution in [3.05, 3.63) is 55.3 Å². The number of nitro groups is 1. The smallest absolute Gasteiger partial charge is 0.325 e. The average molecular weight is 392 g/mol. The maximum absolute atomic E-state index is 11.9. The number of rotatable bonds is 6. The Morgan fingerprint density at radius 3 is 2.89 bits per heavy atom. The zero-order valence-corrected chi connectivity index (χ0v) is 15.2. The second-order valence-corrected chi connectivity index (χ2v) is 7.00. The number of nitrogens with one attached hydrogen (secondary N) is 1. The molecule has 2 heterocycles. The molecule has 9 nitrogen and oxygen atoms in total. The third-order valence-electron chi connectivity index (χ3n) is 3.73. The quantitative estimate of drug-likeness (QED) is 0.455. The Morgan fingerprint density at radius 1 is 1.37 bits per heavy atom. The summed E-state index contributed by atoms with van der Waals surface area (Å²) in [4.78, 5) is 35.9. The number of aryl methyl sites for hydroxylation is 1. The second kappa shape index (κ2) is 8.14. The van der Waals surface area contributed by atoms with Gasteiger partial charge < -0.3 is 19.5 Å². The number of nitrogens with zero attached hydrogens (tertiary/aromatic N) is 1. The molecule has 0 aliphatic carbocycles. The molecule has 10 heteroatoms. The van der Waals surface area contributed by atoms with Gasteiger partial charge in [0.1, 0.15) is 18.9 Å². The van der Waals surface area contributed by atoms with E-state index >= 15 is 0 Å². The molecule has 1 amide bonds. The molecule has 0 fully saturated rings. The first-order valence-electron chi connectivity index (χ1n) is 7.95. The molecule has 0 radical (unpaired) electrons. The first kappa shape index (κ1) is 18.8. The van der Waals surface area contributed by atoms with Gasteiger partial charge in [-0.25, -0.2) is 0 Å². The minimum Gasteiger partial charge on any atom is -0.467 e. The zero-order valence-electron chi connectivity index (χ0n) is 14.4. The van der Waals surface area contributed by atoms with Crippen LogP contribution in [0.2, 0.25) is 0 Å². The van der Waals surface area contributed by atoms with Crippen molar-refractivity contribution in [2.45, 2.75) is 20.1 Å². The maximum atomic E-state index is 11.9. The van der Waals surface area contributed by atoms with Crippen LogP contribution in [0.25, 0.3) is 0 Å². The molecule has 0 saturated heterocycles. The van der Waals surface area contributed by atoms with Crippen molar-refractivity contribution in [1.82, 2.24) is 5.32 Å². The molecular formula is C17H16N2O7S. The van der Waals surface area contributed by atoms with Crippen molar-refractivity contribution in [1.29, 1.82) is 0 Å². The van der Waals surface area contributed by atoms with Crippen molar-refractivity contribution >= 4 is 28.9 Å². The number of non-ortho nitro benzene ring substituents is 1. The monoisotopic (exact) mass is 392 g/mol. The third kappa shape index (κ3) is 4.60. The summed E-state index contributed by atoms with van der Waals surface area (Å²) >= 11 is 1.32. The van der Waals surface area contributed by atoms with E-state index in [0.29, 0.717) is 21.8 Å². The predicted octanol–water partition coefficient (Wildman–Crippen LogP) is 2.30. The van der Waals surface area contributed by atoms with E-state index in [9.17, 15) is 19.7 Å². The van der Waals surface area contributed by atoms with Gasteiger partial charge in [-0.05, 0) is 19.1 Å². The molecule has 27 heavy (non-hydrogen) atoms. The number of carbonyl (C=O) groups is 2. The lowest BCUT2D eigenvalue weighted by Gasteiger charge is -2.20. The van der Waals surface area contributed by atoms with Crippen LogP contribution in [-0.2, 0) is 27.5 Å². The minimum absolute atomic E-state index is 0.0159. The second-order valence-electron chi connectivity index (χ2n) is 5.71. The molecule has 1 aromatic heterocycles. The Balaban J connectivity index is 1.60. The van der Waals surface area contributed by atoms with E-state index in [1.54, 1.807) is 6.07 Å². The SMILES string of the molecule is Cc1ccc(C(=O)NCC(=O)OCc2cc([N+](=O)[O-])cc3c2OCOC3)s1. The number of ether oxygens (including phenoxy) is 3. The van der Waals surface area contributed by atoms with Crippen LogP contribution in [0.5, 0.6) is 5.75 Å². The number of carbonyl (C=O) groups excluding carboxylic acids is 2. The van der Waals surface area contributed by atoms with Crippen LogP contribution < -0.4 is 10.1 Å². The first-order valence-corrected chi connectivity index (χ1v) is 8.76. The van der Waals surface area contributed by atoms with Crippen LogP contribution in [0.4, 0.5) is 5.69 Å². The molecular weight excluding hydrogens is 376 g/mol. The molecule has 0 spiro atoms. The number of hydrogen-bond acceptors (Lipinski definition) is 8. The van der Waals surface area contributed by atoms with Gasteiger partial charge in [0.15, 0.2) is 6.79 Å². The van der Waals surface area contributed by atoms with Gasteiger partial charge in [0.25, 0.3) is 11.6 Å². The van der Waals surface area contributed by atoms with E-state index in [1.165, 1.54) is 23.5 Å². The van der Waals surface area contributed by atoms with Gasteiger partial charge in [0, 0.05) is 28.1 Å². The summed E-state index contributed by atoms with van der Waals surface area (Å²) in [6, 6.07) is 6.15. The maximum Gasteiger partial charge on any atom is 0.325 e. The molecule has 2 aromatic rings. The van der Waals surface area contributed by atoms with Crippen molar-refractivity contribution in [3.63, 3.8) is 0 Å². The summed E-state index contributed by atoms with van der Waals surface area (Å²) in [6.07, 6.45) is 0. The molecule has 1 N–H and O–H groups in total. The van der Waals surface area contributed by atoms with E-state index in [4.69, 9.17) is 14.2 Å². The largest absolute Gasteiger partial charge is 0.467 e. The highest BCUT2D eigenvalue weighted by molar-refractivity contribution is 7.13. The van der Waals surface area contributed by atoms with E-state index in [1.807, 2.05) is 13.0 Å². The standard InChI is InChI=1S/C17H16N2O7S/c1-10-2-3-14(27-10)17(21)18-6-15(20)25-8-12-5-13(19(22)23)4-11-7-24-9-26-16(11)12/h2-5H,6-9H2,1H3,(H,18,21). The molecule has 1 aliphatic heterocycles. The fourth-order valence-corrected chi connectivity index (χ4v) is 3.28. The summed E-state index contributed by atoms with van der Waals surface area (Å²) in [5.74, 6) is -0.611. The lowest BCUT2D eigenvalue weighted by Crippen LogP contribution is -2.30. The Hall–Kier alpha value is -2.98. The highest BCUT2D eigenvalue weighted by atomic mass is 32.1. The highest BCUT2D eigenvalue weighted by Gasteiger charge is 2.22. The highest BCUT2D eigenvalue weighted by Crippen LogP contribution is 2.33. The van der Waals surface area contributed by atoms with Gasteiger partial charge in [0.2, 0.25) is 0 Å². The normalized spacial score (nSPS) is 12.6. The number of fused-ring (bicyclic) bond motifs is 1. The van der Waals surface area contributed by atoms with E-state index < -0.39 is 10.9 Å². The molecule has 142 valence electrons. The number of nitro benzene ring substituents is 1. The Morgan fingerprint density at radius 2 is 2.19 bits per heavy atom. The number of esters is 1. The Bertz CT molecular complexity index is 893. The molecule has 0 saturated carbocycles. The lowest BCUT2D eigenvalue weighted by atomic mass is 10.1. The van der Waals surface area contributed by atoms with Crippen LogP contribution in [-0.4, -0.2) is 30.1 Å². The lowest BCUT2D eigenvalue weighted by molar-refractivity contribution is -0.385. The number of thiophene rings is 1. The molecule has 0 atom stereocenters. The van der Waals surface area contributed by atoms with Crippen molar-refractivity contribution < 1.29 is 28.7 Å². The molecule has 1 aliphatic rings. The molecule has 0 bridgehead atoms. The first-order chi connectivity index (χ1) is 12.9. The van der Waals surface area contributed by atoms with E-state index in [0.717, 1.165) is 4.88 Å². The van der Waals surface area contributed by atoms with Crippen molar-refractivity contribution in [2.24, 2.45) is 0 Å². The van der Waals surface area contributed by atoms with Gasteiger partial charge in [-0.2, -0.15) is 0 Å². The van der Waals surface area contributed by atoms with Gasteiger partial charge >= 0.3 is 5.97 Å². The summed E-state index contributed by atoms with van der Waals surface area (Å²) in [7, 11) is 0. The van der Waals surface area contributed by atoms with E-state index in [2.05, 4.69) is 5.32 Å². The average Bonchev–Trinajstić information content (AvgIpc) is 3.10. The molecule has 1 aromatic carbocycles. The number of hydrogen-bond donors (Lipinski definition) is 1. The van der Waals surface area contributed by atoms with Gasteiger partial charge in [0.05, 0.1) is 16.4 Å². The summed E-state index contributed by atoms with van der Waals surface area (Å²) in [5, 5.41) is 13.5. The van der Waals surface area contributed by atoms with Crippen LogP contribution in [0.1, 0.15) is 25.7 Å².